The van der Waals surface area contributed by atoms with Gasteiger partial charge in [0.1, 0.15) is 5.82 Å². The third kappa shape index (κ3) is 5.26. The van der Waals surface area contributed by atoms with Gasteiger partial charge in [0.15, 0.2) is 16.3 Å². The van der Waals surface area contributed by atoms with Gasteiger partial charge < -0.3 is 18.9 Å². The van der Waals surface area contributed by atoms with Gasteiger partial charge >= 0.3 is 5.97 Å². The average molecular weight is 575 g/mol. The van der Waals surface area contributed by atoms with Crippen LogP contribution in [0.15, 0.2) is 82.1 Å². The van der Waals surface area contributed by atoms with Gasteiger partial charge in [0.25, 0.3) is 5.56 Å². The average Bonchev–Trinajstić information content (AvgIpc) is 3.30. The first-order valence-electron chi connectivity index (χ1n) is 12.7. The monoisotopic (exact) mass is 574 g/mol. The lowest BCUT2D eigenvalue weighted by molar-refractivity contribution is -0.138. The number of carbonyl (C=O) groups is 1. The SMILES string of the molecule is CCOC(=O)C1=C(c2ccccc2)N=c2sc(=Cc3cc(OC)c(OC)c(OC)c3)c(=O)n2[C@@H]1c1ccc(F)cc1. The van der Waals surface area contributed by atoms with Crippen LogP contribution in [0.1, 0.15) is 29.7 Å². The molecule has 0 unspecified atom stereocenters. The molecule has 0 aliphatic carbocycles. The minimum absolute atomic E-state index is 0.131. The highest BCUT2D eigenvalue weighted by Crippen LogP contribution is 2.38. The standard InChI is InChI=1S/C31H27FN2O6S/c1-5-40-30(36)25-26(19-9-7-6-8-10-19)33-31-34(27(25)20-11-13-21(32)14-12-20)29(35)24(41-31)17-18-15-22(37-2)28(39-4)23(16-18)38-3/h6-17,27H,5H2,1-4H3/t27-/m1/s1. The van der Waals surface area contributed by atoms with E-state index in [1.165, 1.54) is 49.4 Å². The summed E-state index contributed by atoms with van der Waals surface area (Å²) in [4.78, 5) is 32.7. The fourth-order valence-corrected chi connectivity index (χ4v) is 5.74. The maximum Gasteiger partial charge on any atom is 0.338 e. The minimum Gasteiger partial charge on any atom is -0.493 e. The second kappa shape index (κ2) is 11.8. The van der Waals surface area contributed by atoms with Gasteiger partial charge in [-0.3, -0.25) is 9.36 Å². The van der Waals surface area contributed by atoms with E-state index in [4.69, 9.17) is 23.9 Å². The van der Waals surface area contributed by atoms with Crippen molar-refractivity contribution in [2.45, 2.75) is 13.0 Å². The number of hydrogen-bond donors (Lipinski definition) is 0. The second-order valence-corrected chi connectivity index (χ2v) is 9.95. The summed E-state index contributed by atoms with van der Waals surface area (Å²) in [6.45, 7) is 1.84. The molecule has 0 spiro atoms. The van der Waals surface area contributed by atoms with Gasteiger partial charge in [-0.05, 0) is 48.4 Å². The van der Waals surface area contributed by atoms with E-state index in [1.54, 1.807) is 37.3 Å². The zero-order valence-corrected chi connectivity index (χ0v) is 23.7. The van der Waals surface area contributed by atoms with E-state index in [2.05, 4.69) is 0 Å². The molecule has 1 aliphatic rings. The lowest BCUT2D eigenvalue weighted by Crippen LogP contribution is -2.40. The normalized spacial score (nSPS) is 14.8. The van der Waals surface area contributed by atoms with Crippen molar-refractivity contribution in [1.29, 1.82) is 0 Å². The van der Waals surface area contributed by atoms with Crippen molar-refractivity contribution in [2.24, 2.45) is 4.99 Å². The molecule has 1 aliphatic heterocycles. The molecule has 4 aromatic rings. The van der Waals surface area contributed by atoms with E-state index in [0.29, 0.717) is 49.0 Å². The van der Waals surface area contributed by atoms with Gasteiger partial charge in [-0.2, -0.15) is 0 Å². The Labute approximate surface area is 239 Å². The number of thiazole rings is 1. The molecule has 1 atom stereocenters. The number of ether oxygens (including phenoxy) is 4. The van der Waals surface area contributed by atoms with Crippen molar-refractivity contribution < 1.29 is 28.1 Å². The Balaban J connectivity index is 1.81. The van der Waals surface area contributed by atoms with Crippen LogP contribution < -0.4 is 29.1 Å². The highest BCUT2D eigenvalue weighted by molar-refractivity contribution is 7.07. The molecule has 3 aromatic carbocycles. The first-order valence-corrected chi connectivity index (χ1v) is 13.6. The Kier molecular flexibility index (Phi) is 8.02. The van der Waals surface area contributed by atoms with Crippen LogP contribution >= 0.6 is 11.3 Å². The molecule has 0 radical (unpaired) electrons. The summed E-state index contributed by atoms with van der Waals surface area (Å²) in [5.74, 6) is 0.255. The molecule has 210 valence electrons. The Morgan fingerprint density at radius 1 is 1.00 bits per heavy atom. The summed E-state index contributed by atoms with van der Waals surface area (Å²) in [5.41, 5.74) is 2.07. The topological polar surface area (TPSA) is 88.4 Å². The predicted molar refractivity (Wildman–Crippen MR) is 154 cm³/mol. The van der Waals surface area contributed by atoms with Crippen LogP contribution in [0.3, 0.4) is 0 Å². The molecule has 10 heteroatoms. The summed E-state index contributed by atoms with van der Waals surface area (Å²) in [7, 11) is 4.54. The number of carbonyl (C=O) groups excluding carboxylic acids is 1. The lowest BCUT2D eigenvalue weighted by Gasteiger charge is -2.25. The second-order valence-electron chi connectivity index (χ2n) is 8.94. The number of hydrogen-bond acceptors (Lipinski definition) is 8. The van der Waals surface area contributed by atoms with Gasteiger partial charge in [0.2, 0.25) is 5.75 Å². The van der Waals surface area contributed by atoms with Crippen LogP contribution in [0.4, 0.5) is 4.39 Å². The van der Waals surface area contributed by atoms with Crippen molar-refractivity contribution >= 4 is 29.1 Å². The molecule has 0 saturated carbocycles. The predicted octanol–water partition coefficient (Wildman–Crippen LogP) is 4.10. The van der Waals surface area contributed by atoms with Crippen LogP contribution in [-0.2, 0) is 9.53 Å². The number of nitrogens with zero attached hydrogens (tertiary/aromatic N) is 2. The molecule has 1 aromatic heterocycles. The first-order chi connectivity index (χ1) is 19.9. The van der Waals surface area contributed by atoms with E-state index in [9.17, 15) is 14.0 Å². The van der Waals surface area contributed by atoms with E-state index in [-0.39, 0.29) is 17.7 Å². The molecule has 0 saturated heterocycles. The number of methoxy groups -OCH3 is 3. The Morgan fingerprint density at radius 3 is 2.24 bits per heavy atom. The minimum atomic E-state index is -0.900. The summed E-state index contributed by atoms with van der Waals surface area (Å²) in [6, 6.07) is 17.5. The summed E-state index contributed by atoms with van der Waals surface area (Å²) in [6.07, 6.45) is 1.70. The molecule has 0 bridgehead atoms. The third-order valence-corrected chi connectivity index (χ3v) is 7.53. The maximum absolute atomic E-state index is 14.0. The zero-order chi connectivity index (χ0) is 29.1. The first kappa shape index (κ1) is 27.9. The van der Waals surface area contributed by atoms with E-state index in [1.807, 2.05) is 30.3 Å². The Bertz CT molecular complexity index is 1790. The number of esters is 1. The van der Waals surface area contributed by atoms with E-state index >= 15 is 0 Å². The van der Waals surface area contributed by atoms with Crippen molar-refractivity contribution in [3.8, 4) is 17.2 Å². The highest BCUT2D eigenvalue weighted by atomic mass is 32.1. The molecular formula is C31H27FN2O6S. The van der Waals surface area contributed by atoms with Crippen LogP contribution in [0.2, 0.25) is 0 Å². The van der Waals surface area contributed by atoms with Crippen LogP contribution in [0, 0.1) is 5.82 Å². The molecule has 0 amide bonds. The van der Waals surface area contributed by atoms with Crippen LogP contribution in [-0.4, -0.2) is 38.5 Å². The highest BCUT2D eigenvalue weighted by Gasteiger charge is 2.35. The molecule has 2 heterocycles. The fourth-order valence-electron chi connectivity index (χ4n) is 4.74. The van der Waals surface area contributed by atoms with Gasteiger partial charge in [-0.25, -0.2) is 14.2 Å². The molecule has 8 nitrogen and oxygen atoms in total. The van der Waals surface area contributed by atoms with Gasteiger partial charge in [-0.1, -0.05) is 53.8 Å². The van der Waals surface area contributed by atoms with E-state index < -0.39 is 17.8 Å². The van der Waals surface area contributed by atoms with Crippen molar-refractivity contribution in [3.05, 3.63) is 114 Å². The lowest BCUT2D eigenvalue weighted by atomic mass is 9.93. The molecular weight excluding hydrogens is 547 g/mol. The molecule has 0 fully saturated rings. The molecule has 5 rings (SSSR count). The third-order valence-electron chi connectivity index (χ3n) is 6.54. The van der Waals surface area contributed by atoms with Crippen molar-refractivity contribution in [3.63, 3.8) is 0 Å². The molecule has 41 heavy (non-hydrogen) atoms. The summed E-state index contributed by atoms with van der Waals surface area (Å²) >= 11 is 1.18. The van der Waals surface area contributed by atoms with Crippen molar-refractivity contribution in [1.82, 2.24) is 4.57 Å². The van der Waals surface area contributed by atoms with E-state index in [0.717, 1.165) is 0 Å². The molecule has 0 N–H and O–H groups in total. The number of benzene rings is 3. The Morgan fingerprint density at radius 2 is 1.66 bits per heavy atom. The summed E-state index contributed by atoms with van der Waals surface area (Å²) in [5, 5.41) is 0. The number of rotatable bonds is 8. The van der Waals surface area contributed by atoms with Gasteiger partial charge in [0.05, 0.1) is 49.8 Å². The van der Waals surface area contributed by atoms with Crippen LogP contribution in [0.5, 0.6) is 17.2 Å². The zero-order valence-electron chi connectivity index (χ0n) is 22.8. The number of aromatic nitrogens is 1. The maximum atomic E-state index is 14.0. The Hall–Kier alpha value is -4.70. The largest absolute Gasteiger partial charge is 0.493 e. The number of fused-ring (bicyclic) bond motifs is 1. The summed E-state index contributed by atoms with van der Waals surface area (Å²) < 4.78 is 37.6. The van der Waals surface area contributed by atoms with Gasteiger partial charge in [0, 0.05) is 5.56 Å². The fraction of sp³-hybridized carbons (Fsp3) is 0.194. The van der Waals surface area contributed by atoms with Crippen LogP contribution in [0.25, 0.3) is 11.8 Å². The number of halogens is 1. The van der Waals surface area contributed by atoms with Crippen molar-refractivity contribution in [2.75, 3.05) is 27.9 Å². The van der Waals surface area contributed by atoms with Gasteiger partial charge in [-0.15, -0.1) is 0 Å². The smallest absolute Gasteiger partial charge is 0.338 e. The quantitative estimate of drug-likeness (QED) is 0.295.